The molecule has 1 aromatic heterocycles. The van der Waals surface area contributed by atoms with Gasteiger partial charge in [-0.25, -0.2) is 4.98 Å². The van der Waals surface area contributed by atoms with Crippen LogP contribution in [0.15, 0.2) is 30.5 Å². The Labute approximate surface area is 95.8 Å². The Morgan fingerprint density at radius 3 is 1.53 bits per heavy atom. The summed E-state index contributed by atoms with van der Waals surface area (Å²) in [7, 11) is 0. The predicted octanol–water partition coefficient (Wildman–Crippen LogP) is 4.06. The van der Waals surface area contributed by atoms with Crippen LogP contribution in [0.2, 0.25) is 0 Å². The highest BCUT2D eigenvalue weighted by Crippen LogP contribution is 2.07. The van der Waals surface area contributed by atoms with E-state index in [2.05, 4.69) is 50.0 Å². The molecule has 0 unspecified atom stereocenters. The van der Waals surface area contributed by atoms with Crippen molar-refractivity contribution in [2.24, 2.45) is 0 Å². The Morgan fingerprint density at radius 2 is 1.33 bits per heavy atom. The molecule has 0 saturated carbocycles. The quantitative estimate of drug-likeness (QED) is 0.651. The second kappa shape index (κ2) is 5.66. The number of hydrogen-bond donors (Lipinski definition) is 0. The second-order valence-corrected chi connectivity index (χ2v) is 5.08. The van der Waals surface area contributed by atoms with Gasteiger partial charge in [0, 0.05) is 11.1 Å². The summed E-state index contributed by atoms with van der Waals surface area (Å²) >= 11 is 1.73. The highest BCUT2D eigenvalue weighted by molar-refractivity contribution is 7.11. The summed E-state index contributed by atoms with van der Waals surface area (Å²) in [6.07, 6.45) is 1.89. The number of aryl methyl sites for hydroxylation is 4. The summed E-state index contributed by atoms with van der Waals surface area (Å²) in [4.78, 5) is 5.32. The average Bonchev–Trinajstić information content (AvgIpc) is 2.56. The fourth-order valence-corrected chi connectivity index (χ4v) is 1.78. The van der Waals surface area contributed by atoms with E-state index >= 15 is 0 Å². The molecule has 0 aliphatic rings. The summed E-state index contributed by atoms with van der Waals surface area (Å²) in [5.41, 5.74) is 2.66. The highest BCUT2D eigenvalue weighted by Gasteiger charge is 1.86. The van der Waals surface area contributed by atoms with Crippen LogP contribution in [0.4, 0.5) is 0 Å². The number of thiazole rings is 1. The zero-order valence-electron chi connectivity index (χ0n) is 9.74. The van der Waals surface area contributed by atoms with E-state index in [0.717, 1.165) is 5.01 Å². The molecule has 0 saturated heterocycles. The van der Waals surface area contributed by atoms with E-state index in [4.69, 9.17) is 0 Å². The van der Waals surface area contributed by atoms with Gasteiger partial charge in [0.2, 0.25) is 0 Å². The fourth-order valence-electron chi connectivity index (χ4n) is 1.10. The van der Waals surface area contributed by atoms with Gasteiger partial charge in [-0.1, -0.05) is 35.4 Å². The Hall–Kier alpha value is -1.15. The van der Waals surface area contributed by atoms with Gasteiger partial charge in [0.1, 0.15) is 0 Å². The van der Waals surface area contributed by atoms with Crippen LogP contribution in [0.5, 0.6) is 0 Å². The molecular weight excluding hydrogens is 202 g/mol. The zero-order chi connectivity index (χ0) is 11.3. The molecule has 0 atom stereocenters. The number of rotatable bonds is 0. The molecule has 0 fully saturated rings. The molecule has 0 bridgehead atoms. The van der Waals surface area contributed by atoms with Gasteiger partial charge in [-0.15, -0.1) is 11.3 Å². The van der Waals surface area contributed by atoms with E-state index in [1.807, 2.05) is 13.1 Å². The van der Waals surface area contributed by atoms with Crippen molar-refractivity contribution in [1.29, 1.82) is 0 Å². The predicted molar refractivity (Wildman–Crippen MR) is 67.5 cm³/mol. The highest BCUT2D eigenvalue weighted by atomic mass is 32.1. The molecule has 1 nitrogen and oxygen atoms in total. The third kappa shape index (κ3) is 4.75. The maximum absolute atomic E-state index is 4.03. The number of aromatic nitrogens is 1. The van der Waals surface area contributed by atoms with Crippen LogP contribution < -0.4 is 0 Å². The molecule has 2 aromatic rings. The summed E-state index contributed by atoms with van der Waals surface area (Å²) < 4.78 is 0. The minimum absolute atomic E-state index is 1.15. The third-order valence-corrected chi connectivity index (χ3v) is 2.78. The Morgan fingerprint density at radius 1 is 0.867 bits per heavy atom. The van der Waals surface area contributed by atoms with Crippen molar-refractivity contribution in [2.75, 3.05) is 0 Å². The second-order valence-electron chi connectivity index (χ2n) is 3.64. The maximum Gasteiger partial charge on any atom is 0.0896 e. The summed E-state index contributed by atoms with van der Waals surface area (Å²) in [6.45, 7) is 8.27. The number of hydrogen-bond acceptors (Lipinski definition) is 2. The third-order valence-electron chi connectivity index (χ3n) is 1.96. The lowest BCUT2D eigenvalue weighted by atomic mass is 10.2. The van der Waals surface area contributed by atoms with E-state index in [0.29, 0.717) is 0 Å². The molecule has 2 rings (SSSR count). The minimum atomic E-state index is 1.15. The van der Waals surface area contributed by atoms with E-state index in [-0.39, 0.29) is 0 Å². The first kappa shape index (κ1) is 11.9. The molecule has 0 N–H and O–H groups in total. The van der Waals surface area contributed by atoms with Gasteiger partial charge in [-0.05, 0) is 27.7 Å². The topological polar surface area (TPSA) is 12.9 Å². The van der Waals surface area contributed by atoms with Crippen molar-refractivity contribution in [3.63, 3.8) is 0 Å². The van der Waals surface area contributed by atoms with Crippen molar-refractivity contribution in [3.8, 4) is 0 Å². The monoisotopic (exact) mass is 219 g/mol. The molecule has 1 aromatic carbocycles. The molecule has 0 spiro atoms. The molecule has 2 heteroatoms. The van der Waals surface area contributed by atoms with Crippen molar-refractivity contribution < 1.29 is 0 Å². The first-order valence-electron chi connectivity index (χ1n) is 5.00. The molecule has 15 heavy (non-hydrogen) atoms. The van der Waals surface area contributed by atoms with Gasteiger partial charge in [-0.2, -0.15) is 0 Å². The van der Waals surface area contributed by atoms with Gasteiger partial charge in [0.05, 0.1) is 5.01 Å². The maximum atomic E-state index is 4.03. The van der Waals surface area contributed by atoms with Crippen LogP contribution in [-0.4, -0.2) is 4.98 Å². The normalized spacial score (nSPS) is 9.33. The Balaban J connectivity index is 0.000000151. The molecule has 1 heterocycles. The number of nitrogens with zero attached hydrogens (tertiary/aromatic N) is 1. The molecular formula is C13H17NS. The van der Waals surface area contributed by atoms with Gasteiger partial charge < -0.3 is 0 Å². The smallest absolute Gasteiger partial charge is 0.0896 e. The minimum Gasteiger partial charge on any atom is -0.250 e. The van der Waals surface area contributed by atoms with Crippen LogP contribution in [0.3, 0.4) is 0 Å². The van der Waals surface area contributed by atoms with Crippen LogP contribution in [0, 0.1) is 27.7 Å². The largest absolute Gasteiger partial charge is 0.250 e. The lowest BCUT2D eigenvalue weighted by Crippen LogP contribution is -1.70. The average molecular weight is 219 g/mol. The van der Waals surface area contributed by atoms with E-state index in [9.17, 15) is 0 Å². The zero-order valence-corrected chi connectivity index (χ0v) is 10.6. The standard InChI is InChI=1S/C8H10.C5H7NS/c1-7-3-5-8(2)6-4-7;1-4-3-6-5(2)7-4/h3-6H,1-2H3;3H,1-2H3. The lowest BCUT2D eigenvalue weighted by Gasteiger charge is -1.90. The first-order valence-corrected chi connectivity index (χ1v) is 5.82. The fraction of sp³-hybridized carbons (Fsp3) is 0.308. The molecule has 80 valence electrons. The lowest BCUT2D eigenvalue weighted by molar-refractivity contribution is 1.28. The van der Waals surface area contributed by atoms with E-state index in [1.165, 1.54) is 16.0 Å². The van der Waals surface area contributed by atoms with Crippen molar-refractivity contribution in [1.82, 2.24) is 4.98 Å². The molecule has 0 aliphatic carbocycles. The van der Waals surface area contributed by atoms with Gasteiger partial charge in [0.15, 0.2) is 0 Å². The van der Waals surface area contributed by atoms with Crippen molar-refractivity contribution in [3.05, 3.63) is 51.5 Å². The summed E-state index contributed by atoms with van der Waals surface area (Å²) in [5, 5.41) is 1.15. The van der Waals surface area contributed by atoms with Gasteiger partial charge >= 0.3 is 0 Å². The van der Waals surface area contributed by atoms with E-state index in [1.54, 1.807) is 11.3 Å². The SMILES string of the molecule is Cc1ccc(C)cc1.Cc1cnc(C)s1. The number of benzene rings is 1. The van der Waals surface area contributed by atoms with Crippen LogP contribution >= 0.6 is 11.3 Å². The van der Waals surface area contributed by atoms with Crippen molar-refractivity contribution >= 4 is 11.3 Å². The van der Waals surface area contributed by atoms with E-state index < -0.39 is 0 Å². The van der Waals surface area contributed by atoms with Gasteiger partial charge in [-0.3, -0.25) is 0 Å². The van der Waals surface area contributed by atoms with Gasteiger partial charge in [0.25, 0.3) is 0 Å². The molecule has 0 radical (unpaired) electrons. The first-order chi connectivity index (χ1) is 7.08. The molecule has 0 aliphatic heterocycles. The summed E-state index contributed by atoms with van der Waals surface area (Å²) in [5.74, 6) is 0. The summed E-state index contributed by atoms with van der Waals surface area (Å²) in [6, 6.07) is 8.48. The van der Waals surface area contributed by atoms with Crippen LogP contribution in [0.1, 0.15) is 21.0 Å². The Bertz CT molecular complexity index is 363. The van der Waals surface area contributed by atoms with Crippen LogP contribution in [0.25, 0.3) is 0 Å². The van der Waals surface area contributed by atoms with Crippen molar-refractivity contribution in [2.45, 2.75) is 27.7 Å². The Kier molecular flexibility index (Phi) is 4.50. The van der Waals surface area contributed by atoms with Crippen LogP contribution in [-0.2, 0) is 0 Å². The molecule has 0 amide bonds.